The number of primary amides is 1. The highest BCUT2D eigenvalue weighted by atomic mass is 79.9. The zero-order valence-corrected chi connectivity index (χ0v) is 11.2. The molecule has 2 N–H and O–H groups in total. The van der Waals surface area contributed by atoms with Crippen molar-refractivity contribution >= 4 is 22.0 Å². The Morgan fingerprint density at radius 1 is 1.11 bits per heavy atom. The third kappa shape index (κ3) is 2.71. The number of nitrogens with two attached hydrogens (primary N) is 1. The zero-order valence-electron chi connectivity index (χ0n) is 9.60. The molecule has 92 valence electrons. The predicted octanol–water partition coefficient (Wildman–Crippen LogP) is 3.71. The maximum atomic E-state index is 11.0. The van der Waals surface area contributed by atoms with Crippen LogP contribution in [0.3, 0.4) is 0 Å². The van der Waals surface area contributed by atoms with E-state index in [0.717, 1.165) is 16.7 Å². The van der Waals surface area contributed by atoms with Gasteiger partial charge in [-0.1, -0.05) is 64.5 Å². The van der Waals surface area contributed by atoms with E-state index in [1.165, 1.54) is 0 Å². The number of benzene rings is 2. The van der Waals surface area contributed by atoms with Crippen molar-refractivity contribution in [2.24, 2.45) is 5.73 Å². The number of carbonyl (C=O) groups excluding carboxylic acids is 1. The van der Waals surface area contributed by atoms with E-state index in [0.29, 0.717) is 11.1 Å². The molecule has 2 rings (SSSR count). The summed E-state index contributed by atoms with van der Waals surface area (Å²) in [5.41, 5.74) is 7.84. The second kappa shape index (κ2) is 5.69. The van der Waals surface area contributed by atoms with Gasteiger partial charge in [0.25, 0.3) is 0 Å². The summed E-state index contributed by atoms with van der Waals surface area (Å²) in [6, 6.07) is 15.4. The summed E-state index contributed by atoms with van der Waals surface area (Å²) >= 11 is 3.37. The number of amides is 1. The van der Waals surface area contributed by atoms with E-state index in [1.807, 2.05) is 48.5 Å². The van der Waals surface area contributed by atoms with Crippen molar-refractivity contribution in [3.8, 4) is 16.9 Å². The monoisotopic (exact) mass is 305 g/mol. The first-order valence-corrected chi connectivity index (χ1v) is 6.55. The van der Waals surface area contributed by atoms with Crippen LogP contribution in [0.4, 0.5) is 4.79 Å². The van der Waals surface area contributed by atoms with Crippen molar-refractivity contribution in [2.45, 2.75) is 5.33 Å². The van der Waals surface area contributed by atoms with E-state index in [4.69, 9.17) is 10.5 Å². The van der Waals surface area contributed by atoms with Crippen LogP contribution in [0.2, 0.25) is 0 Å². The molecule has 0 aliphatic heterocycles. The first kappa shape index (κ1) is 12.6. The maximum absolute atomic E-state index is 11.0. The number of rotatable bonds is 3. The van der Waals surface area contributed by atoms with Crippen LogP contribution in [-0.4, -0.2) is 6.09 Å². The third-order valence-electron chi connectivity index (χ3n) is 2.53. The summed E-state index contributed by atoms with van der Waals surface area (Å²) in [6.45, 7) is 0. The molecule has 18 heavy (non-hydrogen) atoms. The molecule has 0 bridgehead atoms. The molecular formula is C14H12BrNO2. The van der Waals surface area contributed by atoms with Crippen LogP contribution in [0.15, 0.2) is 48.5 Å². The lowest BCUT2D eigenvalue weighted by Crippen LogP contribution is -2.17. The molecule has 0 aliphatic carbocycles. The first-order chi connectivity index (χ1) is 8.72. The number of halogens is 1. The molecule has 0 saturated heterocycles. The number of alkyl halides is 1. The highest BCUT2D eigenvalue weighted by Gasteiger charge is 2.12. The van der Waals surface area contributed by atoms with Gasteiger partial charge in [0.2, 0.25) is 0 Å². The number of para-hydroxylation sites is 1. The Morgan fingerprint density at radius 3 is 2.44 bits per heavy atom. The molecule has 2 aromatic carbocycles. The lowest BCUT2D eigenvalue weighted by molar-refractivity contribution is 0.210. The molecule has 1 amide bonds. The molecule has 0 unspecified atom stereocenters. The maximum Gasteiger partial charge on any atom is 0.409 e. The lowest BCUT2D eigenvalue weighted by atomic mass is 10.0. The van der Waals surface area contributed by atoms with Crippen molar-refractivity contribution in [3.05, 3.63) is 54.1 Å². The quantitative estimate of drug-likeness (QED) is 0.879. The van der Waals surface area contributed by atoms with Gasteiger partial charge in [0.05, 0.1) is 0 Å². The Hall–Kier alpha value is -1.81. The Bertz CT molecular complexity index is 555. The molecule has 0 aliphatic rings. The van der Waals surface area contributed by atoms with Gasteiger partial charge in [-0.05, 0) is 5.56 Å². The minimum Gasteiger partial charge on any atom is -0.410 e. The fourth-order valence-electron chi connectivity index (χ4n) is 1.76. The Kier molecular flexibility index (Phi) is 3.99. The van der Waals surface area contributed by atoms with E-state index in [2.05, 4.69) is 15.9 Å². The predicted molar refractivity (Wildman–Crippen MR) is 74.7 cm³/mol. The number of hydrogen-bond donors (Lipinski definition) is 1. The summed E-state index contributed by atoms with van der Waals surface area (Å²) in [4.78, 5) is 11.0. The second-order valence-corrected chi connectivity index (χ2v) is 4.28. The van der Waals surface area contributed by atoms with Gasteiger partial charge in [0.1, 0.15) is 5.75 Å². The molecule has 0 aromatic heterocycles. The first-order valence-electron chi connectivity index (χ1n) is 5.43. The minimum atomic E-state index is -0.805. The number of carbonyl (C=O) groups is 1. The molecule has 3 nitrogen and oxygen atoms in total. The van der Waals surface area contributed by atoms with E-state index in [1.54, 1.807) is 0 Å². The fourth-order valence-corrected chi connectivity index (χ4v) is 2.20. The normalized spacial score (nSPS) is 10.1. The van der Waals surface area contributed by atoms with E-state index in [-0.39, 0.29) is 0 Å². The summed E-state index contributed by atoms with van der Waals surface area (Å²) in [5.74, 6) is 0.507. The second-order valence-electron chi connectivity index (χ2n) is 3.71. The van der Waals surface area contributed by atoms with Crippen molar-refractivity contribution in [1.82, 2.24) is 0 Å². The molecule has 0 saturated carbocycles. The Labute approximate surface area is 114 Å². The smallest absolute Gasteiger partial charge is 0.409 e. The van der Waals surface area contributed by atoms with Crippen LogP contribution in [0.5, 0.6) is 5.75 Å². The average molecular weight is 306 g/mol. The number of ether oxygens (including phenoxy) is 1. The lowest BCUT2D eigenvalue weighted by Gasteiger charge is -2.12. The molecule has 0 spiro atoms. The van der Waals surface area contributed by atoms with Gasteiger partial charge >= 0.3 is 6.09 Å². The SMILES string of the molecule is NC(=O)Oc1c(CBr)cccc1-c1ccccc1. The van der Waals surface area contributed by atoms with Gasteiger partial charge in [-0.3, -0.25) is 0 Å². The van der Waals surface area contributed by atoms with Crippen LogP contribution in [0.25, 0.3) is 11.1 Å². The third-order valence-corrected chi connectivity index (χ3v) is 3.13. The summed E-state index contributed by atoms with van der Waals surface area (Å²) in [5, 5.41) is 0.594. The van der Waals surface area contributed by atoms with E-state index >= 15 is 0 Å². The van der Waals surface area contributed by atoms with Gasteiger partial charge in [0.15, 0.2) is 0 Å². The van der Waals surface area contributed by atoms with Crippen molar-refractivity contribution in [3.63, 3.8) is 0 Å². The standard InChI is InChI=1S/C14H12BrNO2/c15-9-11-7-4-8-12(13(11)18-14(16)17)10-5-2-1-3-6-10/h1-8H,9H2,(H2,16,17). The van der Waals surface area contributed by atoms with Gasteiger partial charge in [-0.15, -0.1) is 0 Å². The molecule has 0 heterocycles. The van der Waals surface area contributed by atoms with Gasteiger partial charge < -0.3 is 10.5 Å². The Balaban J connectivity index is 2.56. The minimum absolute atomic E-state index is 0.507. The van der Waals surface area contributed by atoms with E-state index in [9.17, 15) is 4.79 Å². The largest absolute Gasteiger partial charge is 0.410 e. The van der Waals surface area contributed by atoms with Crippen molar-refractivity contribution in [2.75, 3.05) is 0 Å². The topological polar surface area (TPSA) is 52.3 Å². The highest BCUT2D eigenvalue weighted by molar-refractivity contribution is 9.08. The van der Waals surface area contributed by atoms with Gasteiger partial charge in [-0.25, -0.2) is 4.79 Å². The van der Waals surface area contributed by atoms with Crippen LogP contribution < -0.4 is 10.5 Å². The van der Waals surface area contributed by atoms with Crippen LogP contribution in [0, 0.1) is 0 Å². The van der Waals surface area contributed by atoms with Crippen LogP contribution in [0.1, 0.15) is 5.56 Å². The molecular weight excluding hydrogens is 294 g/mol. The number of hydrogen-bond acceptors (Lipinski definition) is 2. The van der Waals surface area contributed by atoms with Crippen LogP contribution >= 0.6 is 15.9 Å². The zero-order chi connectivity index (χ0) is 13.0. The molecule has 0 radical (unpaired) electrons. The molecule has 2 aromatic rings. The summed E-state index contributed by atoms with van der Waals surface area (Å²) in [6.07, 6.45) is -0.805. The Morgan fingerprint density at radius 2 is 1.83 bits per heavy atom. The van der Waals surface area contributed by atoms with Gasteiger partial charge in [-0.2, -0.15) is 0 Å². The fraction of sp³-hybridized carbons (Fsp3) is 0.0714. The summed E-state index contributed by atoms with van der Waals surface area (Å²) in [7, 11) is 0. The summed E-state index contributed by atoms with van der Waals surface area (Å²) < 4.78 is 5.13. The molecule has 0 fully saturated rings. The van der Waals surface area contributed by atoms with Crippen LogP contribution in [-0.2, 0) is 5.33 Å². The van der Waals surface area contributed by atoms with E-state index < -0.39 is 6.09 Å². The van der Waals surface area contributed by atoms with Crippen molar-refractivity contribution in [1.29, 1.82) is 0 Å². The average Bonchev–Trinajstić information content (AvgIpc) is 2.39. The highest BCUT2D eigenvalue weighted by Crippen LogP contribution is 2.34. The van der Waals surface area contributed by atoms with Gasteiger partial charge in [0, 0.05) is 16.5 Å². The molecule has 4 heteroatoms. The molecule has 0 atom stereocenters. The van der Waals surface area contributed by atoms with Crippen molar-refractivity contribution < 1.29 is 9.53 Å².